The van der Waals surface area contributed by atoms with Gasteiger partial charge in [-0.25, -0.2) is 18.4 Å². The van der Waals surface area contributed by atoms with Crippen LogP contribution in [0.2, 0.25) is 0 Å². The van der Waals surface area contributed by atoms with Gasteiger partial charge in [-0.1, -0.05) is 15.9 Å². The number of rotatable bonds is 5. The number of urea groups is 1. The molecule has 172 valence electrons. The Balaban J connectivity index is 2.44. The first-order valence-corrected chi connectivity index (χ1v) is 10.2. The largest absolute Gasteiger partial charge is 0.497 e. The van der Waals surface area contributed by atoms with E-state index in [1.54, 1.807) is 0 Å². The number of allylic oxidation sites excluding steroid dienone is 1. The number of alkyl halides is 1. The predicted molar refractivity (Wildman–Crippen MR) is 111 cm³/mol. The molecule has 3 rings (SSSR count). The van der Waals surface area contributed by atoms with E-state index in [1.807, 2.05) is 0 Å². The molecule has 10 nitrogen and oxygen atoms in total. The first kappa shape index (κ1) is 23.9. The number of carboxylic acid groups (broad SMARTS) is 1. The molecule has 0 saturated carbocycles. The van der Waals surface area contributed by atoms with Crippen molar-refractivity contribution >= 4 is 45.4 Å². The standard InChI is InChI=1S/C20H14BrF2N3O7/c1-33-18(27)16-15(9-21)24-19(28)26(20(29)30,12-5-3-11(4-6-12)25(31)32)17(16)10-2-7-13(22)14(23)8-10/h2-8,17H,9H2,1H3,(H-,24,27,28,29,30). The highest BCUT2D eigenvalue weighted by Gasteiger charge is 2.57. The second-order valence-electron chi connectivity index (χ2n) is 6.79. The molecule has 1 aliphatic heterocycles. The third-order valence-corrected chi connectivity index (χ3v) is 5.68. The number of nitrogens with zero attached hydrogens (tertiary/aromatic N) is 2. The summed E-state index contributed by atoms with van der Waals surface area (Å²) in [4.78, 5) is 48.9. The minimum Gasteiger partial charge on any atom is -0.497 e. The third kappa shape index (κ3) is 3.85. The van der Waals surface area contributed by atoms with Gasteiger partial charge in [0.05, 0.1) is 17.7 Å². The number of carbonyl (C=O) groups excluding carboxylic acids is 3. The van der Waals surface area contributed by atoms with Gasteiger partial charge >= 0.3 is 12.0 Å². The molecule has 33 heavy (non-hydrogen) atoms. The van der Waals surface area contributed by atoms with Crippen LogP contribution in [0.3, 0.4) is 0 Å². The maximum absolute atomic E-state index is 14.2. The van der Waals surface area contributed by atoms with Crippen molar-refractivity contribution in [2.75, 3.05) is 12.4 Å². The number of benzene rings is 2. The highest BCUT2D eigenvalue weighted by atomic mass is 79.9. The van der Waals surface area contributed by atoms with Crippen LogP contribution in [0.15, 0.2) is 53.7 Å². The Kier molecular flexibility index (Phi) is 6.56. The number of methoxy groups -OCH3 is 1. The number of nitro benzene ring substituents is 1. The molecule has 0 aliphatic carbocycles. The van der Waals surface area contributed by atoms with E-state index < -0.39 is 50.9 Å². The van der Waals surface area contributed by atoms with Crippen molar-refractivity contribution in [1.82, 2.24) is 9.80 Å². The van der Waals surface area contributed by atoms with E-state index in [-0.39, 0.29) is 27.9 Å². The fourth-order valence-corrected chi connectivity index (χ4v) is 4.10. The van der Waals surface area contributed by atoms with Gasteiger partial charge in [-0.05, 0) is 18.2 Å². The fraction of sp³-hybridized carbons (Fsp3) is 0.150. The Labute approximate surface area is 192 Å². The topological polar surface area (TPSA) is 139 Å². The summed E-state index contributed by atoms with van der Waals surface area (Å²) in [5, 5.41) is 25.8. The molecule has 0 saturated heterocycles. The van der Waals surface area contributed by atoms with Crippen LogP contribution >= 0.6 is 15.9 Å². The van der Waals surface area contributed by atoms with Crippen molar-refractivity contribution in [2.24, 2.45) is 0 Å². The quantitative estimate of drug-likeness (QED) is 0.208. The molecular weight excluding hydrogens is 512 g/mol. The fourth-order valence-electron chi connectivity index (χ4n) is 3.65. The number of carbonyl (C=O) groups is 3. The van der Waals surface area contributed by atoms with Crippen LogP contribution in [-0.4, -0.2) is 35.5 Å². The molecule has 1 heterocycles. The molecule has 3 amide bonds. The number of hydrogen-bond acceptors (Lipinski definition) is 7. The normalized spacial score (nSPS) is 20.2. The molecule has 0 radical (unpaired) electrons. The predicted octanol–water partition coefficient (Wildman–Crippen LogP) is 2.81. The SMILES string of the molecule is COC(=O)C1=C(CBr)NC(=O)[N+](C(=O)[O-])(c2ccc([N+](=O)[O-])cc2)C1c1ccc(F)c(F)c1. The molecule has 1 N–H and O–H groups in total. The van der Waals surface area contributed by atoms with Crippen LogP contribution in [-0.2, 0) is 9.53 Å². The number of non-ortho nitro benzene ring substituents is 1. The zero-order valence-electron chi connectivity index (χ0n) is 16.7. The molecule has 0 spiro atoms. The zero-order chi connectivity index (χ0) is 24.5. The van der Waals surface area contributed by atoms with E-state index in [0.717, 1.165) is 37.4 Å². The summed E-state index contributed by atoms with van der Waals surface area (Å²) in [5.74, 6) is -3.65. The molecule has 2 aromatic carbocycles. The highest BCUT2D eigenvalue weighted by molar-refractivity contribution is 9.09. The van der Waals surface area contributed by atoms with Crippen LogP contribution in [0, 0.1) is 21.7 Å². The van der Waals surface area contributed by atoms with E-state index in [0.29, 0.717) is 12.1 Å². The third-order valence-electron chi connectivity index (χ3n) is 5.12. The van der Waals surface area contributed by atoms with Crippen LogP contribution in [0.1, 0.15) is 11.6 Å². The van der Waals surface area contributed by atoms with E-state index in [9.17, 15) is 38.4 Å². The molecular formula is C20H14BrF2N3O7. The van der Waals surface area contributed by atoms with Crippen LogP contribution < -0.4 is 14.9 Å². The second kappa shape index (κ2) is 9.03. The summed E-state index contributed by atoms with van der Waals surface area (Å²) >= 11 is 3.10. The Morgan fingerprint density at radius 3 is 2.30 bits per heavy atom. The molecule has 0 bridgehead atoms. The molecule has 0 aromatic heterocycles. The number of imide groups is 1. The van der Waals surface area contributed by atoms with Gasteiger partial charge < -0.3 is 14.6 Å². The maximum atomic E-state index is 14.2. The number of ether oxygens (including phenoxy) is 1. The van der Waals surface area contributed by atoms with Crippen molar-refractivity contribution in [1.29, 1.82) is 0 Å². The second-order valence-corrected chi connectivity index (χ2v) is 7.35. The van der Waals surface area contributed by atoms with Gasteiger partial charge in [0, 0.05) is 35.2 Å². The van der Waals surface area contributed by atoms with Gasteiger partial charge in [0.25, 0.3) is 11.8 Å². The number of esters is 1. The average molecular weight is 526 g/mol. The Hall–Kier alpha value is -3.71. The number of nitro groups is 1. The lowest BCUT2D eigenvalue weighted by molar-refractivity contribution is -0.384. The number of amides is 3. The monoisotopic (exact) mass is 525 g/mol. The average Bonchev–Trinajstić information content (AvgIpc) is 2.79. The molecule has 2 atom stereocenters. The molecule has 1 aliphatic rings. The summed E-state index contributed by atoms with van der Waals surface area (Å²) in [7, 11) is 1.01. The first-order chi connectivity index (χ1) is 15.6. The Morgan fingerprint density at radius 2 is 1.82 bits per heavy atom. The van der Waals surface area contributed by atoms with Crippen molar-refractivity contribution in [3.8, 4) is 0 Å². The molecule has 13 heteroatoms. The summed E-state index contributed by atoms with van der Waals surface area (Å²) in [6.45, 7) is 0. The lowest BCUT2D eigenvalue weighted by Crippen LogP contribution is -2.71. The minimum atomic E-state index is -2.04. The first-order valence-electron chi connectivity index (χ1n) is 9.08. The summed E-state index contributed by atoms with van der Waals surface area (Å²) in [6, 6.07) is 3.26. The summed E-state index contributed by atoms with van der Waals surface area (Å²) in [5.41, 5.74) is -1.45. The number of quaternary nitrogens is 1. The highest BCUT2D eigenvalue weighted by Crippen LogP contribution is 2.45. The van der Waals surface area contributed by atoms with Gasteiger partial charge in [0.15, 0.2) is 17.7 Å². The van der Waals surface area contributed by atoms with Crippen LogP contribution in [0.25, 0.3) is 0 Å². The lowest BCUT2D eigenvalue weighted by Gasteiger charge is -2.44. The van der Waals surface area contributed by atoms with E-state index in [4.69, 9.17) is 4.74 Å². The molecule has 0 fully saturated rings. The minimum absolute atomic E-state index is 0.0708. The van der Waals surface area contributed by atoms with E-state index in [2.05, 4.69) is 21.2 Å². The number of nitrogens with one attached hydrogen (secondary N) is 1. The van der Waals surface area contributed by atoms with Gasteiger partial charge in [-0.3, -0.25) is 15.4 Å². The Bertz CT molecular complexity index is 1200. The van der Waals surface area contributed by atoms with Crippen molar-refractivity contribution in [3.05, 3.63) is 81.0 Å². The van der Waals surface area contributed by atoms with Crippen molar-refractivity contribution in [3.63, 3.8) is 0 Å². The summed E-state index contributed by atoms with van der Waals surface area (Å²) in [6.07, 6.45) is -2.04. The number of halogens is 3. The maximum Gasteiger partial charge on any atom is 0.432 e. The van der Waals surface area contributed by atoms with Crippen LogP contribution in [0.4, 0.5) is 29.7 Å². The number of hydrogen-bond donors (Lipinski definition) is 1. The lowest BCUT2D eigenvalue weighted by atomic mass is 9.90. The van der Waals surface area contributed by atoms with Gasteiger partial charge in [-0.15, -0.1) is 4.48 Å². The van der Waals surface area contributed by atoms with Gasteiger partial charge in [0.1, 0.15) is 11.3 Å². The smallest absolute Gasteiger partial charge is 0.432 e. The van der Waals surface area contributed by atoms with E-state index in [1.165, 1.54) is 0 Å². The van der Waals surface area contributed by atoms with Gasteiger partial charge in [0.2, 0.25) is 0 Å². The Morgan fingerprint density at radius 1 is 1.18 bits per heavy atom. The molecule has 2 aromatic rings. The molecule has 2 unspecified atom stereocenters. The zero-order valence-corrected chi connectivity index (χ0v) is 18.3. The van der Waals surface area contributed by atoms with Crippen molar-refractivity contribution < 1.29 is 37.9 Å². The van der Waals surface area contributed by atoms with E-state index >= 15 is 0 Å². The van der Waals surface area contributed by atoms with Gasteiger partial charge in [-0.2, -0.15) is 0 Å². The summed E-state index contributed by atoms with van der Waals surface area (Å²) < 4.78 is 30.8. The van der Waals surface area contributed by atoms with Crippen molar-refractivity contribution in [2.45, 2.75) is 6.04 Å². The van der Waals surface area contributed by atoms with Crippen LogP contribution in [0.5, 0.6) is 0 Å².